The molecule has 158 valence electrons. The maximum Gasteiger partial charge on any atom is 0.261 e. The fourth-order valence-electron chi connectivity index (χ4n) is 3.38. The Morgan fingerprint density at radius 1 is 1.13 bits per heavy atom. The van der Waals surface area contributed by atoms with E-state index in [4.69, 9.17) is 4.52 Å². The Kier molecular flexibility index (Phi) is 6.56. The largest absolute Gasteiger partial charge is 0.351 e. The van der Waals surface area contributed by atoms with E-state index in [0.29, 0.717) is 23.1 Å². The molecule has 4 rings (SSSR count). The van der Waals surface area contributed by atoms with E-state index < -0.39 is 0 Å². The fourth-order valence-corrected chi connectivity index (χ4v) is 4.23. The third-order valence-electron chi connectivity index (χ3n) is 5.31. The van der Waals surface area contributed by atoms with Gasteiger partial charge >= 0.3 is 0 Å². The van der Waals surface area contributed by atoms with Crippen LogP contribution in [0.5, 0.6) is 0 Å². The summed E-state index contributed by atoms with van der Waals surface area (Å²) in [5.41, 5.74) is 2.06. The second-order valence-corrected chi connectivity index (χ2v) is 8.79. The van der Waals surface area contributed by atoms with E-state index in [-0.39, 0.29) is 5.91 Å². The van der Waals surface area contributed by atoms with Crippen LogP contribution in [0.2, 0.25) is 0 Å². The molecule has 0 unspecified atom stereocenters. The van der Waals surface area contributed by atoms with Crippen molar-refractivity contribution in [1.29, 1.82) is 0 Å². The SMILES string of the molecule is Cc1ccc(-c2nc(-c3ccc(C(=O)NCCCN4CCN(C)CC4)s3)no2)cc1. The highest BCUT2D eigenvalue weighted by atomic mass is 32.1. The number of hydrogen-bond donors (Lipinski definition) is 1. The molecule has 1 N–H and O–H groups in total. The van der Waals surface area contributed by atoms with Crippen LogP contribution in [0.4, 0.5) is 0 Å². The minimum atomic E-state index is -0.0492. The zero-order chi connectivity index (χ0) is 20.9. The molecule has 1 amide bonds. The summed E-state index contributed by atoms with van der Waals surface area (Å²) in [5, 5.41) is 7.09. The van der Waals surface area contributed by atoms with E-state index in [9.17, 15) is 4.79 Å². The predicted octanol–water partition coefficient (Wildman–Crippen LogP) is 3.14. The molecule has 1 aliphatic heterocycles. The molecular formula is C22H27N5O2S. The Labute approximate surface area is 180 Å². The van der Waals surface area contributed by atoms with Gasteiger partial charge in [0.05, 0.1) is 9.75 Å². The molecule has 0 aliphatic carbocycles. The van der Waals surface area contributed by atoms with Gasteiger partial charge < -0.3 is 19.6 Å². The number of nitrogens with one attached hydrogen (secondary N) is 1. The molecular weight excluding hydrogens is 398 g/mol. The Balaban J connectivity index is 1.28. The molecule has 0 radical (unpaired) electrons. The van der Waals surface area contributed by atoms with Crippen LogP contribution in [0.15, 0.2) is 40.9 Å². The summed E-state index contributed by atoms with van der Waals surface area (Å²) < 4.78 is 5.40. The highest BCUT2D eigenvalue weighted by Gasteiger charge is 2.16. The molecule has 1 fully saturated rings. The van der Waals surface area contributed by atoms with E-state index in [0.717, 1.165) is 49.6 Å². The van der Waals surface area contributed by atoms with Gasteiger partial charge in [0.25, 0.3) is 11.8 Å². The number of carbonyl (C=O) groups excluding carboxylic acids is 1. The molecule has 1 saturated heterocycles. The molecule has 30 heavy (non-hydrogen) atoms. The molecule has 0 atom stereocenters. The first-order chi connectivity index (χ1) is 14.6. The quantitative estimate of drug-likeness (QED) is 0.586. The molecule has 0 bridgehead atoms. The van der Waals surface area contributed by atoms with Crippen LogP contribution >= 0.6 is 11.3 Å². The number of rotatable bonds is 7. The lowest BCUT2D eigenvalue weighted by atomic mass is 10.1. The lowest BCUT2D eigenvalue weighted by Gasteiger charge is -2.32. The summed E-state index contributed by atoms with van der Waals surface area (Å²) in [6.45, 7) is 8.18. The summed E-state index contributed by atoms with van der Waals surface area (Å²) >= 11 is 1.38. The van der Waals surface area contributed by atoms with E-state index >= 15 is 0 Å². The number of amides is 1. The average molecular weight is 426 g/mol. The van der Waals surface area contributed by atoms with E-state index in [1.54, 1.807) is 0 Å². The standard InChI is InChI=1S/C22H27N5O2S/c1-16-4-6-17(7-5-16)22-24-20(25-29-22)18-8-9-19(30-18)21(28)23-10-3-11-27-14-12-26(2)13-15-27/h4-9H,3,10-15H2,1-2H3,(H,23,28). The van der Waals surface area contributed by atoms with Crippen LogP contribution in [-0.2, 0) is 0 Å². The van der Waals surface area contributed by atoms with Gasteiger partial charge in [-0.05, 0) is 51.2 Å². The van der Waals surface area contributed by atoms with Crippen molar-refractivity contribution >= 4 is 17.2 Å². The first-order valence-electron chi connectivity index (χ1n) is 10.3. The van der Waals surface area contributed by atoms with Crippen LogP contribution in [0.1, 0.15) is 21.7 Å². The second-order valence-electron chi connectivity index (χ2n) is 7.71. The Morgan fingerprint density at radius 2 is 1.90 bits per heavy atom. The Hall–Kier alpha value is -2.55. The van der Waals surface area contributed by atoms with Crippen molar-refractivity contribution in [2.24, 2.45) is 0 Å². The molecule has 1 aromatic carbocycles. The Bertz CT molecular complexity index is 974. The first-order valence-corrected chi connectivity index (χ1v) is 11.1. The lowest BCUT2D eigenvalue weighted by Crippen LogP contribution is -2.45. The highest BCUT2D eigenvalue weighted by molar-refractivity contribution is 7.17. The normalized spacial score (nSPS) is 15.4. The lowest BCUT2D eigenvalue weighted by molar-refractivity contribution is 0.0953. The molecule has 1 aliphatic rings. The molecule has 0 spiro atoms. The van der Waals surface area contributed by atoms with Crippen molar-refractivity contribution in [1.82, 2.24) is 25.3 Å². The number of hydrogen-bond acceptors (Lipinski definition) is 7. The fraction of sp³-hybridized carbons (Fsp3) is 0.409. The predicted molar refractivity (Wildman–Crippen MR) is 119 cm³/mol. The van der Waals surface area contributed by atoms with Gasteiger partial charge in [-0.3, -0.25) is 4.79 Å². The van der Waals surface area contributed by atoms with Gasteiger partial charge in [0.2, 0.25) is 5.82 Å². The molecule has 3 heterocycles. The van der Waals surface area contributed by atoms with Gasteiger partial charge in [-0.1, -0.05) is 22.9 Å². The number of aryl methyl sites for hydroxylation is 1. The zero-order valence-corrected chi connectivity index (χ0v) is 18.2. The van der Waals surface area contributed by atoms with Crippen LogP contribution in [0.25, 0.3) is 22.2 Å². The summed E-state index contributed by atoms with van der Waals surface area (Å²) in [7, 11) is 2.16. The van der Waals surface area contributed by atoms with Crippen molar-refractivity contribution < 1.29 is 9.32 Å². The van der Waals surface area contributed by atoms with Gasteiger partial charge in [-0.2, -0.15) is 4.98 Å². The minimum absolute atomic E-state index is 0.0492. The molecule has 2 aromatic heterocycles. The molecule has 8 heteroatoms. The molecule has 3 aromatic rings. The third-order valence-corrected chi connectivity index (χ3v) is 6.39. The Morgan fingerprint density at radius 3 is 2.67 bits per heavy atom. The van der Waals surface area contributed by atoms with Crippen LogP contribution in [0, 0.1) is 6.92 Å². The number of carbonyl (C=O) groups is 1. The summed E-state index contributed by atoms with van der Waals surface area (Å²) in [4.78, 5) is 23.2. The van der Waals surface area contributed by atoms with E-state index in [1.165, 1.54) is 16.9 Å². The zero-order valence-electron chi connectivity index (χ0n) is 17.4. The summed E-state index contributed by atoms with van der Waals surface area (Å²) in [6, 6.07) is 11.6. The van der Waals surface area contributed by atoms with Gasteiger partial charge in [0.1, 0.15) is 0 Å². The van der Waals surface area contributed by atoms with E-state index in [2.05, 4.69) is 32.3 Å². The molecule has 0 saturated carbocycles. The number of nitrogens with zero attached hydrogens (tertiary/aromatic N) is 4. The monoisotopic (exact) mass is 425 g/mol. The number of thiophene rings is 1. The molecule has 7 nitrogen and oxygen atoms in total. The minimum Gasteiger partial charge on any atom is -0.351 e. The smallest absolute Gasteiger partial charge is 0.261 e. The van der Waals surface area contributed by atoms with Gasteiger partial charge in [0.15, 0.2) is 0 Å². The van der Waals surface area contributed by atoms with Crippen molar-refractivity contribution in [3.8, 4) is 22.2 Å². The van der Waals surface area contributed by atoms with Gasteiger partial charge in [-0.15, -0.1) is 11.3 Å². The highest BCUT2D eigenvalue weighted by Crippen LogP contribution is 2.28. The van der Waals surface area contributed by atoms with E-state index in [1.807, 2.05) is 43.3 Å². The van der Waals surface area contributed by atoms with Crippen molar-refractivity contribution in [2.45, 2.75) is 13.3 Å². The summed E-state index contributed by atoms with van der Waals surface area (Å²) in [6.07, 6.45) is 0.957. The maximum absolute atomic E-state index is 12.5. The third kappa shape index (κ3) is 5.13. The number of aromatic nitrogens is 2. The van der Waals surface area contributed by atoms with Gasteiger partial charge in [-0.25, -0.2) is 0 Å². The van der Waals surface area contributed by atoms with Crippen molar-refractivity contribution in [3.63, 3.8) is 0 Å². The van der Waals surface area contributed by atoms with Crippen LogP contribution < -0.4 is 5.32 Å². The van der Waals surface area contributed by atoms with Crippen molar-refractivity contribution in [3.05, 3.63) is 46.8 Å². The average Bonchev–Trinajstić information content (AvgIpc) is 3.43. The maximum atomic E-state index is 12.5. The number of likely N-dealkylation sites (N-methyl/N-ethyl adjacent to an activating group) is 1. The summed E-state index contributed by atoms with van der Waals surface area (Å²) in [5.74, 6) is 0.935. The first kappa shape index (κ1) is 20.7. The number of piperazine rings is 1. The van der Waals surface area contributed by atoms with Crippen LogP contribution in [0.3, 0.4) is 0 Å². The topological polar surface area (TPSA) is 74.5 Å². The number of benzene rings is 1. The van der Waals surface area contributed by atoms with Crippen molar-refractivity contribution in [2.75, 3.05) is 46.3 Å². The second kappa shape index (κ2) is 9.51. The van der Waals surface area contributed by atoms with Gasteiger partial charge in [0, 0.05) is 38.3 Å². The van der Waals surface area contributed by atoms with Crippen LogP contribution in [-0.4, -0.2) is 72.2 Å².